The summed E-state index contributed by atoms with van der Waals surface area (Å²) in [5, 5.41) is 22.1. The number of carbonyl (C=O) groups excluding carboxylic acids is 1. The van der Waals surface area contributed by atoms with Gasteiger partial charge < -0.3 is 20.8 Å². The second-order valence-electron chi connectivity index (χ2n) is 4.41. The van der Waals surface area contributed by atoms with Crippen LogP contribution in [0.25, 0.3) is 0 Å². The molecule has 0 saturated carbocycles. The molecule has 2 unspecified atom stereocenters. The van der Waals surface area contributed by atoms with E-state index in [-0.39, 0.29) is 18.9 Å². The Morgan fingerprint density at radius 1 is 1.15 bits per heavy atom. The molecule has 9 heteroatoms. The fraction of sp³-hybridized carbons (Fsp3) is 0.727. The number of urea groups is 1. The first-order valence-electron chi connectivity index (χ1n) is 6.04. The zero-order chi connectivity index (χ0) is 15.7. The average molecular weight is 308 g/mol. The third-order valence-corrected chi connectivity index (χ3v) is 3.28. The minimum Gasteiger partial charge on any atom is -0.481 e. The van der Waals surface area contributed by atoms with Crippen LogP contribution < -0.4 is 10.6 Å². The molecule has 0 aromatic heterocycles. The molecule has 0 rings (SSSR count). The lowest BCUT2D eigenvalue weighted by Crippen LogP contribution is -2.48. The molecule has 0 heterocycles. The molecular weight excluding hydrogens is 288 g/mol. The highest BCUT2D eigenvalue weighted by Gasteiger charge is 2.21. The number of carboxylic acids is 2. The van der Waals surface area contributed by atoms with Crippen molar-refractivity contribution in [3.63, 3.8) is 0 Å². The van der Waals surface area contributed by atoms with Crippen molar-refractivity contribution >= 4 is 28.8 Å². The third-order valence-electron chi connectivity index (χ3n) is 2.47. The van der Waals surface area contributed by atoms with Crippen molar-refractivity contribution in [3.05, 3.63) is 0 Å². The Morgan fingerprint density at radius 3 is 2.20 bits per heavy atom. The molecule has 0 aliphatic rings. The first-order chi connectivity index (χ1) is 9.22. The third kappa shape index (κ3) is 9.31. The SMILES string of the molecule is CC(CCS(C)=O)NC(=O)N[C@@H](CCC(=O)O)C(=O)O. The van der Waals surface area contributed by atoms with Gasteiger partial charge in [-0.2, -0.15) is 0 Å². The fourth-order valence-electron chi connectivity index (χ4n) is 1.36. The number of aliphatic carboxylic acids is 2. The molecule has 116 valence electrons. The zero-order valence-electron chi connectivity index (χ0n) is 11.4. The van der Waals surface area contributed by atoms with Crippen molar-refractivity contribution in [2.24, 2.45) is 0 Å². The largest absolute Gasteiger partial charge is 0.481 e. The van der Waals surface area contributed by atoms with Gasteiger partial charge in [0.2, 0.25) is 0 Å². The Kier molecular flexibility index (Phi) is 8.53. The Bertz CT molecular complexity index is 387. The van der Waals surface area contributed by atoms with Crippen molar-refractivity contribution < 1.29 is 28.8 Å². The number of rotatable bonds is 9. The van der Waals surface area contributed by atoms with E-state index in [0.717, 1.165) is 0 Å². The normalized spacial score (nSPS) is 14.9. The highest BCUT2D eigenvalue weighted by molar-refractivity contribution is 7.84. The Hall–Kier alpha value is -1.64. The molecule has 0 aromatic rings. The van der Waals surface area contributed by atoms with Crippen molar-refractivity contribution in [3.8, 4) is 0 Å². The van der Waals surface area contributed by atoms with Crippen LogP contribution in [0.1, 0.15) is 26.2 Å². The molecule has 0 fully saturated rings. The minimum atomic E-state index is -1.29. The Balaban J connectivity index is 4.21. The predicted molar refractivity (Wildman–Crippen MR) is 73.0 cm³/mol. The van der Waals surface area contributed by atoms with Gasteiger partial charge in [-0.15, -0.1) is 0 Å². The van der Waals surface area contributed by atoms with Crippen LogP contribution in [-0.2, 0) is 20.4 Å². The lowest BCUT2D eigenvalue weighted by molar-refractivity contribution is -0.140. The van der Waals surface area contributed by atoms with Crippen LogP contribution in [0.4, 0.5) is 4.79 Å². The number of hydrogen-bond donors (Lipinski definition) is 4. The van der Waals surface area contributed by atoms with Crippen LogP contribution >= 0.6 is 0 Å². The topological polar surface area (TPSA) is 133 Å². The van der Waals surface area contributed by atoms with Crippen molar-refractivity contribution in [2.45, 2.75) is 38.3 Å². The summed E-state index contributed by atoms with van der Waals surface area (Å²) in [6.45, 7) is 1.71. The van der Waals surface area contributed by atoms with Crippen LogP contribution in [-0.4, -0.2) is 56.5 Å². The van der Waals surface area contributed by atoms with E-state index < -0.39 is 34.8 Å². The predicted octanol–water partition coefficient (Wildman–Crippen LogP) is -0.239. The number of carboxylic acid groups (broad SMARTS) is 2. The summed E-state index contributed by atoms with van der Waals surface area (Å²) in [5.41, 5.74) is 0. The monoisotopic (exact) mass is 308 g/mol. The molecule has 2 amide bonds. The number of carbonyl (C=O) groups is 3. The first kappa shape index (κ1) is 18.4. The van der Waals surface area contributed by atoms with E-state index in [0.29, 0.717) is 12.2 Å². The molecule has 0 bridgehead atoms. The van der Waals surface area contributed by atoms with E-state index in [1.54, 1.807) is 13.2 Å². The molecule has 20 heavy (non-hydrogen) atoms. The summed E-state index contributed by atoms with van der Waals surface area (Å²) in [7, 11) is -0.958. The second-order valence-corrected chi connectivity index (χ2v) is 5.96. The minimum absolute atomic E-state index is 0.189. The van der Waals surface area contributed by atoms with E-state index in [1.165, 1.54) is 0 Å². The Labute approximate surface area is 119 Å². The van der Waals surface area contributed by atoms with Gasteiger partial charge in [-0.3, -0.25) is 9.00 Å². The summed E-state index contributed by atoms with van der Waals surface area (Å²) in [5.74, 6) is -1.98. The average Bonchev–Trinajstić information content (AvgIpc) is 2.31. The summed E-state index contributed by atoms with van der Waals surface area (Å²) in [6, 6.07) is -2.19. The van der Waals surface area contributed by atoms with E-state index in [9.17, 15) is 18.6 Å². The molecule has 0 aliphatic heterocycles. The van der Waals surface area contributed by atoms with E-state index in [1.807, 2.05) is 0 Å². The van der Waals surface area contributed by atoms with Gasteiger partial charge >= 0.3 is 18.0 Å². The summed E-state index contributed by atoms with van der Waals surface area (Å²) >= 11 is 0. The summed E-state index contributed by atoms with van der Waals surface area (Å²) in [6.07, 6.45) is 1.52. The molecule has 3 atom stereocenters. The highest BCUT2D eigenvalue weighted by atomic mass is 32.2. The molecular formula is C11H20N2O6S. The van der Waals surface area contributed by atoms with Gasteiger partial charge in [0, 0.05) is 35.3 Å². The lowest BCUT2D eigenvalue weighted by Gasteiger charge is -2.17. The molecule has 0 saturated heterocycles. The summed E-state index contributed by atoms with van der Waals surface area (Å²) in [4.78, 5) is 32.8. The first-order valence-corrected chi connectivity index (χ1v) is 7.76. The summed E-state index contributed by atoms with van der Waals surface area (Å²) < 4.78 is 10.9. The quantitative estimate of drug-likeness (QED) is 0.464. The molecule has 0 aromatic carbocycles. The van der Waals surface area contributed by atoms with E-state index >= 15 is 0 Å². The maximum absolute atomic E-state index is 11.5. The number of amides is 2. The fourth-order valence-corrected chi connectivity index (χ4v) is 2.05. The lowest BCUT2D eigenvalue weighted by atomic mass is 10.1. The van der Waals surface area contributed by atoms with E-state index in [4.69, 9.17) is 10.2 Å². The van der Waals surface area contributed by atoms with Gasteiger partial charge in [-0.1, -0.05) is 0 Å². The smallest absolute Gasteiger partial charge is 0.326 e. The van der Waals surface area contributed by atoms with Crippen LogP contribution in [0.2, 0.25) is 0 Å². The highest BCUT2D eigenvalue weighted by Crippen LogP contribution is 1.99. The van der Waals surface area contributed by atoms with E-state index in [2.05, 4.69) is 10.6 Å². The molecule has 0 aliphatic carbocycles. The van der Waals surface area contributed by atoms with Crippen molar-refractivity contribution in [2.75, 3.05) is 12.0 Å². The van der Waals surface area contributed by atoms with Crippen molar-refractivity contribution in [1.82, 2.24) is 10.6 Å². The Morgan fingerprint density at radius 2 is 1.75 bits per heavy atom. The van der Waals surface area contributed by atoms with Gasteiger partial charge in [0.25, 0.3) is 0 Å². The van der Waals surface area contributed by atoms with Crippen LogP contribution in [0, 0.1) is 0 Å². The number of nitrogens with one attached hydrogen (secondary N) is 2. The standard InChI is InChI=1S/C11H20N2O6S/c1-7(5-6-20(2)19)12-11(18)13-8(10(16)17)3-4-9(14)15/h7-8H,3-6H2,1-2H3,(H,14,15)(H,16,17)(H2,12,13,18)/t7?,8-,20?/m0/s1. The maximum atomic E-state index is 11.5. The van der Waals surface area contributed by atoms with Crippen LogP contribution in [0.5, 0.6) is 0 Å². The molecule has 0 radical (unpaired) electrons. The molecule has 0 spiro atoms. The van der Waals surface area contributed by atoms with Gasteiger partial charge in [-0.25, -0.2) is 9.59 Å². The van der Waals surface area contributed by atoms with Crippen molar-refractivity contribution in [1.29, 1.82) is 0 Å². The van der Waals surface area contributed by atoms with Gasteiger partial charge in [-0.05, 0) is 19.8 Å². The molecule has 4 N–H and O–H groups in total. The maximum Gasteiger partial charge on any atom is 0.326 e. The van der Waals surface area contributed by atoms with Gasteiger partial charge in [0.05, 0.1) is 0 Å². The van der Waals surface area contributed by atoms with Crippen LogP contribution in [0.15, 0.2) is 0 Å². The van der Waals surface area contributed by atoms with Gasteiger partial charge in [0.1, 0.15) is 6.04 Å². The second kappa shape index (κ2) is 9.29. The van der Waals surface area contributed by atoms with Crippen LogP contribution in [0.3, 0.4) is 0 Å². The zero-order valence-corrected chi connectivity index (χ0v) is 12.2. The van der Waals surface area contributed by atoms with Gasteiger partial charge in [0.15, 0.2) is 0 Å². The molecule has 8 nitrogen and oxygen atoms in total. The number of hydrogen-bond acceptors (Lipinski definition) is 4.